The van der Waals surface area contributed by atoms with Crippen LogP contribution in [0.25, 0.3) is 0 Å². The van der Waals surface area contributed by atoms with Gasteiger partial charge in [-0.05, 0) is 17.7 Å². The minimum absolute atomic E-state index is 0.00121. The molecule has 5 heteroatoms. The van der Waals surface area contributed by atoms with Gasteiger partial charge in [0, 0.05) is 12.1 Å². The summed E-state index contributed by atoms with van der Waals surface area (Å²) in [5, 5.41) is 9.00. The van der Waals surface area contributed by atoms with Gasteiger partial charge in [-0.1, -0.05) is 12.1 Å². The second-order valence-corrected chi connectivity index (χ2v) is 4.15. The highest BCUT2D eigenvalue weighted by atomic mass is 16.5. The fourth-order valence-corrected chi connectivity index (χ4v) is 1.75. The van der Waals surface area contributed by atoms with Gasteiger partial charge in [-0.2, -0.15) is 0 Å². The first kappa shape index (κ1) is 14.0. The summed E-state index contributed by atoms with van der Waals surface area (Å²) in [5.41, 5.74) is 7.19. The molecular weight excluding hydrogens is 258 g/mol. The number of nitrogen functional groups attached to an aromatic ring is 1. The Bertz CT molecular complexity index is 581. The smallest absolute Gasteiger partial charge is 0.164 e. The summed E-state index contributed by atoms with van der Waals surface area (Å²) in [6.07, 6.45) is 0. The lowest BCUT2D eigenvalue weighted by Gasteiger charge is -2.13. The van der Waals surface area contributed by atoms with Crippen molar-refractivity contribution in [2.45, 2.75) is 6.61 Å². The Balaban J connectivity index is 2.27. The summed E-state index contributed by atoms with van der Waals surface area (Å²) in [4.78, 5) is 0. The predicted octanol–water partition coefficient (Wildman–Crippen LogP) is 2.57. The monoisotopic (exact) mass is 275 g/mol. The molecule has 0 radical (unpaired) electrons. The number of aliphatic hydroxyl groups excluding tert-OH is 1. The third-order valence-electron chi connectivity index (χ3n) is 2.85. The largest absolute Gasteiger partial charge is 0.493 e. The van der Waals surface area contributed by atoms with E-state index in [9.17, 15) is 0 Å². The third-order valence-corrected chi connectivity index (χ3v) is 2.85. The zero-order valence-corrected chi connectivity index (χ0v) is 11.4. The van der Waals surface area contributed by atoms with E-state index in [0.29, 0.717) is 28.7 Å². The van der Waals surface area contributed by atoms with Gasteiger partial charge >= 0.3 is 0 Å². The van der Waals surface area contributed by atoms with Crippen molar-refractivity contribution in [1.82, 2.24) is 0 Å². The Kier molecular flexibility index (Phi) is 4.32. The molecule has 5 nitrogen and oxygen atoms in total. The average Bonchev–Trinajstić information content (AvgIpc) is 2.49. The maximum atomic E-state index is 9.00. The Morgan fingerprint density at radius 2 is 1.55 bits per heavy atom. The van der Waals surface area contributed by atoms with Gasteiger partial charge in [-0.25, -0.2) is 0 Å². The van der Waals surface area contributed by atoms with E-state index in [1.165, 1.54) is 0 Å². The van der Waals surface area contributed by atoms with Crippen LogP contribution in [-0.2, 0) is 6.61 Å². The van der Waals surface area contributed by atoms with Crippen molar-refractivity contribution in [3.63, 3.8) is 0 Å². The highest BCUT2D eigenvalue weighted by molar-refractivity contribution is 5.62. The summed E-state index contributed by atoms with van der Waals surface area (Å²) in [6, 6.07) is 10.4. The van der Waals surface area contributed by atoms with Gasteiger partial charge < -0.3 is 25.1 Å². The molecule has 0 heterocycles. The van der Waals surface area contributed by atoms with Crippen molar-refractivity contribution in [3.05, 3.63) is 42.0 Å². The maximum absolute atomic E-state index is 9.00. The second kappa shape index (κ2) is 6.16. The van der Waals surface area contributed by atoms with E-state index in [1.54, 1.807) is 50.6 Å². The molecule has 0 aliphatic heterocycles. The summed E-state index contributed by atoms with van der Waals surface area (Å²) in [5.74, 6) is 2.21. The van der Waals surface area contributed by atoms with Crippen LogP contribution in [0.3, 0.4) is 0 Å². The maximum Gasteiger partial charge on any atom is 0.164 e. The van der Waals surface area contributed by atoms with E-state index in [-0.39, 0.29) is 6.61 Å². The van der Waals surface area contributed by atoms with Crippen LogP contribution in [0.4, 0.5) is 5.69 Å². The molecule has 0 aromatic heterocycles. The first-order valence-electron chi connectivity index (χ1n) is 6.07. The third kappa shape index (κ3) is 2.95. The van der Waals surface area contributed by atoms with Gasteiger partial charge in [-0.15, -0.1) is 0 Å². The van der Waals surface area contributed by atoms with E-state index in [4.69, 9.17) is 25.1 Å². The van der Waals surface area contributed by atoms with Crippen LogP contribution in [0.15, 0.2) is 36.4 Å². The highest BCUT2D eigenvalue weighted by Gasteiger charge is 2.11. The quantitative estimate of drug-likeness (QED) is 0.820. The minimum Gasteiger partial charge on any atom is -0.493 e. The Labute approximate surface area is 117 Å². The molecule has 0 saturated heterocycles. The lowest BCUT2D eigenvalue weighted by atomic mass is 10.2. The zero-order valence-electron chi connectivity index (χ0n) is 11.4. The first-order valence-corrected chi connectivity index (χ1v) is 6.07. The minimum atomic E-state index is -0.00121. The fourth-order valence-electron chi connectivity index (χ4n) is 1.75. The van der Waals surface area contributed by atoms with Gasteiger partial charge in [0.2, 0.25) is 0 Å². The van der Waals surface area contributed by atoms with Crippen molar-refractivity contribution in [2.24, 2.45) is 0 Å². The lowest BCUT2D eigenvalue weighted by molar-refractivity contribution is 0.281. The molecular formula is C15H17NO4. The molecule has 20 heavy (non-hydrogen) atoms. The van der Waals surface area contributed by atoms with Crippen LogP contribution < -0.4 is 19.9 Å². The topological polar surface area (TPSA) is 73.9 Å². The molecule has 0 saturated carbocycles. The van der Waals surface area contributed by atoms with E-state index >= 15 is 0 Å². The molecule has 2 aromatic rings. The molecule has 0 aliphatic rings. The van der Waals surface area contributed by atoms with Crippen molar-refractivity contribution in [1.29, 1.82) is 0 Å². The molecule has 0 unspecified atom stereocenters. The molecule has 2 aromatic carbocycles. The van der Waals surface area contributed by atoms with E-state index in [0.717, 1.165) is 5.56 Å². The van der Waals surface area contributed by atoms with Crippen molar-refractivity contribution in [3.8, 4) is 23.0 Å². The number of hydrogen-bond donors (Lipinski definition) is 2. The van der Waals surface area contributed by atoms with Crippen molar-refractivity contribution in [2.75, 3.05) is 20.0 Å². The van der Waals surface area contributed by atoms with Gasteiger partial charge in [0.1, 0.15) is 5.75 Å². The summed E-state index contributed by atoms with van der Waals surface area (Å²) in [6.45, 7) is -0.00121. The Morgan fingerprint density at radius 3 is 2.10 bits per heavy atom. The number of hydrogen-bond acceptors (Lipinski definition) is 5. The van der Waals surface area contributed by atoms with Crippen LogP contribution >= 0.6 is 0 Å². The standard InChI is InChI=1S/C15H17NO4/c1-18-14-7-12(16)13(8-15(14)19-2)20-11-5-3-10(9-17)4-6-11/h3-8,17H,9,16H2,1-2H3. The number of methoxy groups -OCH3 is 2. The Hall–Kier alpha value is -2.40. The van der Waals surface area contributed by atoms with Gasteiger partial charge in [0.25, 0.3) is 0 Å². The number of nitrogens with two attached hydrogens (primary N) is 1. The molecule has 106 valence electrons. The molecule has 0 aliphatic carbocycles. The normalized spacial score (nSPS) is 10.2. The van der Waals surface area contributed by atoms with Crippen LogP contribution in [0.5, 0.6) is 23.0 Å². The summed E-state index contributed by atoms with van der Waals surface area (Å²) < 4.78 is 16.1. The molecule has 0 bridgehead atoms. The number of rotatable bonds is 5. The predicted molar refractivity (Wildman–Crippen MR) is 76.4 cm³/mol. The van der Waals surface area contributed by atoms with Gasteiger partial charge in [0.15, 0.2) is 17.2 Å². The molecule has 2 rings (SSSR count). The Morgan fingerprint density at radius 1 is 0.950 bits per heavy atom. The average molecular weight is 275 g/mol. The van der Waals surface area contributed by atoms with Gasteiger partial charge in [0.05, 0.1) is 26.5 Å². The first-order chi connectivity index (χ1) is 9.67. The van der Waals surface area contributed by atoms with E-state index in [2.05, 4.69) is 0 Å². The highest BCUT2D eigenvalue weighted by Crippen LogP contribution is 2.38. The number of anilines is 1. The summed E-state index contributed by atoms with van der Waals surface area (Å²) in [7, 11) is 3.10. The van der Waals surface area contributed by atoms with Crippen LogP contribution in [-0.4, -0.2) is 19.3 Å². The number of aliphatic hydroxyl groups is 1. The molecule has 3 N–H and O–H groups in total. The molecule has 0 atom stereocenters. The molecule has 0 fully saturated rings. The van der Waals surface area contributed by atoms with Crippen molar-refractivity contribution < 1.29 is 19.3 Å². The zero-order chi connectivity index (χ0) is 14.5. The van der Waals surface area contributed by atoms with Crippen molar-refractivity contribution >= 4 is 5.69 Å². The van der Waals surface area contributed by atoms with E-state index < -0.39 is 0 Å². The lowest BCUT2D eigenvalue weighted by Crippen LogP contribution is -1.97. The van der Waals surface area contributed by atoms with Gasteiger partial charge in [-0.3, -0.25) is 0 Å². The SMILES string of the molecule is COc1cc(N)c(Oc2ccc(CO)cc2)cc1OC. The number of benzene rings is 2. The number of ether oxygens (including phenoxy) is 3. The second-order valence-electron chi connectivity index (χ2n) is 4.15. The summed E-state index contributed by atoms with van der Waals surface area (Å²) >= 11 is 0. The van der Waals surface area contributed by atoms with Crippen LogP contribution in [0, 0.1) is 0 Å². The fraction of sp³-hybridized carbons (Fsp3) is 0.200. The van der Waals surface area contributed by atoms with Crippen LogP contribution in [0.2, 0.25) is 0 Å². The molecule has 0 spiro atoms. The molecule has 0 amide bonds. The van der Waals surface area contributed by atoms with E-state index in [1.807, 2.05) is 0 Å². The van der Waals surface area contributed by atoms with Crippen LogP contribution in [0.1, 0.15) is 5.56 Å².